The highest BCUT2D eigenvalue weighted by Crippen LogP contribution is 2.33. The Morgan fingerprint density at radius 1 is 1.30 bits per heavy atom. The Labute approximate surface area is 110 Å². The quantitative estimate of drug-likeness (QED) is 0.801. The van der Waals surface area contributed by atoms with Crippen LogP contribution >= 0.6 is 0 Å². The SMILES string of the molecule is COC(=O)c1ccc(NC(C)(C(=O)O)C(F)(F)F)nn1. The van der Waals surface area contributed by atoms with Gasteiger partial charge < -0.3 is 15.2 Å². The van der Waals surface area contributed by atoms with Crippen LogP contribution < -0.4 is 5.32 Å². The van der Waals surface area contributed by atoms with Crippen LogP contribution in [0.1, 0.15) is 17.4 Å². The van der Waals surface area contributed by atoms with Crippen molar-refractivity contribution in [2.24, 2.45) is 0 Å². The number of esters is 1. The molecule has 0 saturated heterocycles. The van der Waals surface area contributed by atoms with Gasteiger partial charge in [0.1, 0.15) is 5.82 Å². The smallest absolute Gasteiger partial charge is 0.422 e. The number of carboxylic acids is 1. The van der Waals surface area contributed by atoms with E-state index in [0.717, 1.165) is 19.2 Å². The maximum atomic E-state index is 12.7. The number of alkyl halides is 3. The number of rotatable bonds is 4. The molecule has 0 fully saturated rings. The molecule has 0 aliphatic rings. The molecule has 0 aliphatic heterocycles. The van der Waals surface area contributed by atoms with Gasteiger partial charge in [0.15, 0.2) is 5.69 Å². The molecule has 0 spiro atoms. The summed E-state index contributed by atoms with van der Waals surface area (Å²) in [7, 11) is 1.10. The van der Waals surface area contributed by atoms with E-state index in [0.29, 0.717) is 6.92 Å². The van der Waals surface area contributed by atoms with Gasteiger partial charge in [-0.05, 0) is 19.1 Å². The fourth-order valence-electron chi connectivity index (χ4n) is 1.11. The molecule has 1 aromatic rings. The Hall–Kier alpha value is -2.39. The van der Waals surface area contributed by atoms with E-state index in [-0.39, 0.29) is 5.69 Å². The maximum absolute atomic E-state index is 12.7. The molecule has 1 atom stereocenters. The molecule has 110 valence electrons. The van der Waals surface area contributed by atoms with E-state index in [1.54, 1.807) is 5.32 Å². The van der Waals surface area contributed by atoms with Gasteiger partial charge in [-0.2, -0.15) is 13.2 Å². The molecule has 1 aromatic heterocycles. The van der Waals surface area contributed by atoms with Crippen molar-refractivity contribution in [2.45, 2.75) is 18.6 Å². The number of methoxy groups -OCH3 is 1. The summed E-state index contributed by atoms with van der Waals surface area (Å²) in [5.74, 6) is -3.38. The molecule has 0 radical (unpaired) electrons. The molecule has 0 aromatic carbocycles. The van der Waals surface area contributed by atoms with Crippen molar-refractivity contribution in [2.75, 3.05) is 12.4 Å². The molecular weight excluding hydrogens is 283 g/mol. The normalized spacial score (nSPS) is 14.2. The standard InChI is InChI=1S/C10H10F3N3O4/c1-9(8(18)19,10(11,12)13)14-6-4-3-5(15-16-6)7(17)20-2/h3-4H,1-2H3,(H,14,16)(H,18,19). The predicted molar refractivity (Wildman–Crippen MR) is 59.1 cm³/mol. The highest BCUT2D eigenvalue weighted by molar-refractivity contribution is 5.87. The number of hydrogen-bond donors (Lipinski definition) is 2. The second-order valence-electron chi connectivity index (χ2n) is 3.85. The van der Waals surface area contributed by atoms with Crippen LogP contribution in [0, 0.1) is 0 Å². The van der Waals surface area contributed by atoms with Crippen molar-refractivity contribution in [3.05, 3.63) is 17.8 Å². The second kappa shape index (κ2) is 5.31. The zero-order valence-corrected chi connectivity index (χ0v) is 10.4. The number of ether oxygens (including phenoxy) is 1. The molecule has 1 unspecified atom stereocenters. The summed E-state index contributed by atoms with van der Waals surface area (Å²) in [6.07, 6.45) is -5.05. The van der Waals surface area contributed by atoms with Crippen LogP contribution in [0.4, 0.5) is 19.0 Å². The lowest BCUT2D eigenvalue weighted by molar-refractivity contribution is -0.193. The zero-order chi connectivity index (χ0) is 15.6. The number of aromatic nitrogens is 2. The van der Waals surface area contributed by atoms with Gasteiger partial charge in [0.2, 0.25) is 5.54 Å². The van der Waals surface area contributed by atoms with E-state index in [1.807, 2.05) is 0 Å². The van der Waals surface area contributed by atoms with E-state index in [2.05, 4.69) is 14.9 Å². The fourth-order valence-corrected chi connectivity index (χ4v) is 1.11. The fraction of sp³-hybridized carbons (Fsp3) is 0.400. The first kappa shape index (κ1) is 15.7. The summed E-state index contributed by atoms with van der Waals surface area (Å²) in [6, 6.07) is 2.05. The van der Waals surface area contributed by atoms with Crippen molar-refractivity contribution in [3.63, 3.8) is 0 Å². The third-order valence-electron chi connectivity index (χ3n) is 2.43. The number of nitrogens with zero attached hydrogens (tertiary/aromatic N) is 2. The predicted octanol–water partition coefficient (Wildman–Crippen LogP) is 1.08. The van der Waals surface area contributed by atoms with E-state index in [4.69, 9.17) is 5.11 Å². The molecule has 0 saturated carbocycles. The summed E-state index contributed by atoms with van der Waals surface area (Å²) in [6.45, 7) is 0.450. The Kier molecular flexibility index (Phi) is 4.16. The summed E-state index contributed by atoms with van der Waals surface area (Å²) < 4.78 is 42.5. The first-order valence-electron chi connectivity index (χ1n) is 5.12. The molecule has 7 nitrogen and oxygen atoms in total. The third kappa shape index (κ3) is 2.95. The first-order valence-corrected chi connectivity index (χ1v) is 5.12. The van der Waals surface area contributed by atoms with Gasteiger partial charge in [0.25, 0.3) is 0 Å². The summed E-state index contributed by atoms with van der Waals surface area (Å²) in [5, 5.41) is 17.1. The van der Waals surface area contributed by atoms with E-state index < -0.39 is 29.5 Å². The van der Waals surface area contributed by atoms with E-state index >= 15 is 0 Å². The minimum atomic E-state index is -5.05. The average molecular weight is 293 g/mol. The van der Waals surface area contributed by atoms with Gasteiger partial charge in [0, 0.05) is 0 Å². The Morgan fingerprint density at radius 3 is 2.25 bits per heavy atom. The van der Waals surface area contributed by atoms with Crippen LogP contribution in [0.3, 0.4) is 0 Å². The number of carboxylic acid groups (broad SMARTS) is 1. The Balaban J connectivity index is 3.02. The summed E-state index contributed by atoms with van der Waals surface area (Å²) >= 11 is 0. The van der Waals surface area contributed by atoms with E-state index in [1.165, 1.54) is 0 Å². The molecule has 0 amide bonds. The minimum Gasteiger partial charge on any atom is -0.479 e. The van der Waals surface area contributed by atoms with E-state index in [9.17, 15) is 22.8 Å². The lowest BCUT2D eigenvalue weighted by Crippen LogP contribution is -2.55. The molecule has 1 rings (SSSR count). The van der Waals surface area contributed by atoms with Crippen LogP contribution in [0.5, 0.6) is 0 Å². The maximum Gasteiger partial charge on any atom is 0.422 e. The van der Waals surface area contributed by atoms with Crippen molar-refractivity contribution in [1.29, 1.82) is 0 Å². The van der Waals surface area contributed by atoms with Gasteiger partial charge in [-0.1, -0.05) is 0 Å². The summed E-state index contributed by atoms with van der Waals surface area (Å²) in [4.78, 5) is 21.8. The number of halogens is 3. The van der Waals surface area contributed by atoms with Crippen molar-refractivity contribution in [1.82, 2.24) is 10.2 Å². The number of carbonyl (C=O) groups excluding carboxylic acids is 1. The molecule has 10 heteroatoms. The lowest BCUT2D eigenvalue weighted by atomic mass is 10.0. The van der Waals surface area contributed by atoms with Gasteiger partial charge in [-0.15, -0.1) is 10.2 Å². The third-order valence-corrected chi connectivity index (χ3v) is 2.43. The van der Waals surface area contributed by atoms with Crippen LogP contribution in [0.25, 0.3) is 0 Å². The molecule has 0 aliphatic carbocycles. The van der Waals surface area contributed by atoms with Crippen LogP contribution in [0.2, 0.25) is 0 Å². The molecule has 20 heavy (non-hydrogen) atoms. The lowest BCUT2D eigenvalue weighted by Gasteiger charge is -2.28. The topological polar surface area (TPSA) is 101 Å². The Morgan fingerprint density at radius 2 is 1.90 bits per heavy atom. The average Bonchev–Trinajstić information content (AvgIpc) is 2.37. The number of nitrogens with one attached hydrogen (secondary N) is 1. The minimum absolute atomic E-state index is 0.220. The van der Waals surface area contributed by atoms with Crippen LogP contribution in [0.15, 0.2) is 12.1 Å². The molecule has 1 heterocycles. The zero-order valence-electron chi connectivity index (χ0n) is 10.4. The number of carbonyl (C=O) groups is 2. The highest BCUT2D eigenvalue weighted by Gasteiger charge is 2.57. The summed E-state index contributed by atoms with van der Waals surface area (Å²) in [5.41, 5.74) is -3.45. The molecular formula is C10H10F3N3O4. The van der Waals surface area contributed by atoms with Crippen LogP contribution in [-0.4, -0.2) is 46.1 Å². The van der Waals surface area contributed by atoms with Crippen molar-refractivity contribution in [3.8, 4) is 0 Å². The van der Waals surface area contributed by atoms with Gasteiger partial charge in [-0.25, -0.2) is 9.59 Å². The molecule has 2 N–H and O–H groups in total. The number of hydrogen-bond acceptors (Lipinski definition) is 6. The monoisotopic (exact) mass is 293 g/mol. The van der Waals surface area contributed by atoms with Crippen molar-refractivity contribution < 1.29 is 32.6 Å². The largest absolute Gasteiger partial charge is 0.479 e. The number of anilines is 1. The highest BCUT2D eigenvalue weighted by atomic mass is 19.4. The van der Waals surface area contributed by atoms with Gasteiger partial charge in [0.05, 0.1) is 7.11 Å². The second-order valence-corrected chi connectivity index (χ2v) is 3.85. The van der Waals surface area contributed by atoms with Gasteiger partial charge in [-0.3, -0.25) is 0 Å². The van der Waals surface area contributed by atoms with Crippen LogP contribution in [-0.2, 0) is 9.53 Å². The number of aliphatic carboxylic acids is 1. The first-order chi connectivity index (χ1) is 9.11. The Bertz CT molecular complexity index is 517. The molecule has 0 bridgehead atoms. The van der Waals surface area contributed by atoms with Gasteiger partial charge >= 0.3 is 18.1 Å². The van der Waals surface area contributed by atoms with Crippen molar-refractivity contribution >= 4 is 17.8 Å².